The van der Waals surface area contributed by atoms with Crippen LogP contribution in [0.3, 0.4) is 0 Å². The van der Waals surface area contributed by atoms with Gasteiger partial charge in [0.1, 0.15) is 6.54 Å². The fraction of sp³-hybridized carbons (Fsp3) is 0.444. The number of methoxy groups -OCH3 is 1. The van der Waals surface area contributed by atoms with Crippen LogP contribution in [0.5, 0.6) is 0 Å². The van der Waals surface area contributed by atoms with E-state index >= 15 is 0 Å². The van der Waals surface area contributed by atoms with Crippen LogP contribution in [0.25, 0.3) is 0 Å². The first kappa shape index (κ1) is 19.5. The van der Waals surface area contributed by atoms with Gasteiger partial charge in [-0.2, -0.15) is 0 Å². The van der Waals surface area contributed by atoms with E-state index in [2.05, 4.69) is 15.9 Å². The predicted octanol–water partition coefficient (Wildman–Crippen LogP) is 0.752. The Labute approximate surface area is 165 Å². The first-order valence-electron chi connectivity index (χ1n) is 8.62. The van der Waals surface area contributed by atoms with Crippen LogP contribution in [-0.4, -0.2) is 84.8 Å². The van der Waals surface area contributed by atoms with Gasteiger partial charge in [0, 0.05) is 37.8 Å². The van der Waals surface area contributed by atoms with Gasteiger partial charge >= 0.3 is 0 Å². The SMILES string of the molecule is COCCC(=O)N1CCN(C(=O)CN2C(=O)c3ccc(Br)cc3C2=O)CC1. The molecule has 0 radical (unpaired) electrons. The first-order chi connectivity index (χ1) is 12.9. The van der Waals surface area contributed by atoms with Crippen molar-refractivity contribution in [2.24, 2.45) is 0 Å². The Morgan fingerprint density at radius 2 is 1.59 bits per heavy atom. The molecule has 8 nitrogen and oxygen atoms in total. The summed E-state index contributed by atoms with van der Waals surface area (Å²) in [5.74, 6) is -1.22. The Hall–Kier alpha value is -2.26. The number of hydrogen-bond acceptors (Lipinski definition) is 5. The monoisotopic (exact) mass is 437 g/mol. The minimum Gasteiger partial charge on any atom is -0.384 e. The summed E-state index contributed by atoms with van der Waals surface area (Å²) < 4.78 is 5.61. The summed E-state index contributed by atoms with van der Waals surface area (Å²) in [5.41, 5.74) is 0.611. The zero-order valence-electron chi connectivity index (χ0n) is 14.9. The van der Waals surface area contributed by atoms with Crippen molar-refractivity contribution in [2.75, 3.05) is 46.4 Å². The number of hydrogen-bond donors (Lipinski definition) is 0. The van der Waals surface area contributed by atoms with Crippen molar-refractivity contribution in [3.8, 4) is 0 Å². The van der Waals surface area contributed by atoms with E-state index in [-0.39, 0.29) is 18.4 Å². The van der Waals surface area contributed by atoms with Crippen LogP contribution in [0.4, 0.5) is 0 Å². The van der Waals surface area contributed by atoms with Crippen molar-refractivity contribution < 1.29 is 23.9 Å². The first-order valence-corrected chi connectivity index (χ1v) is 9.42. The minimum absolute atomic E-state index is 0.00475. The lowest BCUT2D eigenvalue weighted by atomic mass is 10.1. The van der Waals surface area contributed by atoms with Gasteiger partial charge in [0.05, 0.1) is 24.2 Å². The largest absolute Gasteiger partial charge is 0.384 e. The number of carbonyl (C=O) groups excluding carboxylic acids is 4. The highest BCUT2D eigenvalue weighted by molar-refractivity contribution is 9.10. The highest BCUT2D eigenvalue weighted by Crippen LogP contribution is 2.26. The highest BCUT2D eigenvalue weighted by atomic mass is 79.9. The smallest absolute Gasteiger partial charge is 0.262 e. The molecule has 0 aliphatic carbocycles. The lowest BCUT2D eigenvalue weighted by Gasteiger charge is -2.35. The molecule has 1 saturated heterocycles. The zero-order valence-corrected chi connectivity index (χ0v) is 16.5. The van der Waals surface area contributed by atoms with Crippen LogP contribution in [0, 0.1) is 0 Å². The van der Waals surface area contributed by atoms with Gasteiger partial charge in [0.15, 0.2) is 0 Å². The van der Waals surface area contributed by atoms with Gasteiger partial charge in [0.25, 0.3) is 11.8 Å². The van der Waals surface area contributed by atoms with Gasteiger partial charge in [0.2, 0.25) is 11.8 Å². The number of imide groups is 1. The van der Waals surface area contributed by atoms with E-state index in [0.717, 1.165) is 4.90 Å². The molecule has 27 heavy (non-hydrogen) atoms. The molecular weight excluding hydrogens is 418 g/mol. The topological polar surface area (TPSA) is 87.2 Å². The third-order valence-corrected chi connectivity index (χ3v) is 5.22. The zero-order chi connectivity index (χ0) is 19.6. The Morgan fingerprint density at radius 3 is 2.22 bits per heavy atom. The van der Waals surface area contributed by atoms with Crippen molar-refractivity contribution in [3.63, 3.8) is 0 Å². The van der Waals surface area contributed by atoms with E-state index in [4.69, 9.17) is 4.74 Å². The molecule has 1 aromatic carbocycles. The van der Waals surface area contributed by atoms with Gasteiger partial charge in [-0.25, -0.2) is 0 Å². The summed E-state index contributed by atoms with van der Waals surface area (Å²) in [4.78, 5) is 53.7. The van der Waals surface area contributed by atoms with Crippen LogP contribution in [-0.2, 0) is 14.3 Å². The van der Waals surface area contributed by atoms with Gasteiger partial charge in [-0.05, 0) is 18.2 Å². The maximum atomic E-state index is 12.6. The number of piperazine rings is 1. The number of ether oxygens (including phenoxy) is 1. The third-order valence-electron chi connectivity index (χ3n) is 4.73. The molecule has 1 aromatic rings. The molecule has 2 aliphatic rings. The Balaban J connectivity index is 1.57. The van der Waals surface area contributed by atoms with Crippen LogP contribution in [0.15, 0.2) is 22.7 Å². The van der Waals surface area contributed by atoms with Gasteiger partial charge in [-0.15, -0.1) is 0 Å². The summed E-state index contributed by atoms with van der Waals surface area (Å²) in [7, 11) is 1.54. The van der Waals surface area contributed by atoms with Crippen molar-refractivity contribution in [1.82, 2.24) is 14.7 Å². The number of nitrogens with zero attached hydrogens (tertiary/aromatic N) is 3. The second-order valence-corrected chi connectivity index (χ2v) is 7.31. The molecule has 1 fully saturated rings. The average Bonchev–Trinajstić information content (AvgIpc) is 2.90. The van der Waals surface area contributed by atoms with Crippen LogP contribution in [0.1, 0.15) is 27.1 Å². The molecule has 3 rings (SSSR count). The van der Waals surface area contributed by atoms with E-state index in [1.54, 1.807) is 35.1 Å². The number of fused-ring (bicyclic) bond motifs is 1. The Morgan fingerprint density at radius 1 is 1.00 bits per heavy atom. The summed E-state index contributed by atoms with van der Waals surface area (Å²) in [6, 6.07) is 4.86. The maximum absolute atomic E-state index is 12.6. The molecule has 2 heterocycles. The molecule has 0 unspecified atom stereocenters. The Bertz CT molecular complexity index is 789. The summed E-state index contributed by atoms with van der Waals surface area (Å²) in [6.45, 7) is 1.71. The molecule has 0 bridgehead atoms. The molecule has 0 aromatic heterocycles. The van der Waals surface area contributed by atoms with Crippen molar-refractivity contribution in [2.45, 2.75) is 6.42 Å². The second kappa shape index (κ2) is 8.18. The van der Waals surface area contributed by atoms with Crippen LogP contribution >= 0.6 is 15.9 Å². The minimum atomic E-state index is -0.460. The third kappa shape index (κ3) is 4.03. The second-order valence-electron chi connectivity index (χ2n) is 6.39. The summed E-state index contributed by atoms with van der Waals surface area (Å²) in [5, 5.41) is 0. The fourth-order valence-electron chi connectivity index (χ4n) is 3.19. The molecular formula is C18H20BrN3O5. The van der Waals surface area contributed by atoms with Gasteiger partial charge < -0.3 is 14.5 Å². The van der Waals surface area contributed by atoms with Gasteiger partial charge in [-0.1, -0.05) is 15.9 Å². The fourth-order valence-corrected chi connectivity index (χ4v) is 3.56. The van der Waals surface area contributed by atoms with E-state index < -0.39 is 11.8 Å². The molecule has 0 spiro atoms. The molecule has 144 valence electrons. The molecule has 0 atom stereocenters. The maximum Gasteiger partial charge on any atom is 0.262 e. The standard InChI is InChI=1S/C18H20BrN3O5/c1-27-9-4-15(23)20-5-7-21(8-6-20)16(24)11-22-17(25)13-3-2-12(19)10-14(13)18(22)26/h2-3,10H,4-9,11H2,1H3. The average molecular weight is 438 g/mol. The lowest BCUT2D eigenvalue weighted by Crippen LogP contribution is -2.53. The molecule has 0 N–H and O–H groups in total. The lowest BCUT2D eigenvalue weighted by molar-refractivity contribution is -0.140. The molecule has 2 aliphatic heterocycles. The van der Waals surface area contributed by atoms with Crippen molar-refractivity contribution in [1.29, 1.82) is 0 Å². The number of carbonyl (C=O) groups is 4. The van der Waals surface area contributed by atoms with Crippen LogP contribution < -0.4 is 0 Å². The number of amides is 4. The number of halogens is 1. The highest BCUT2D eigenvalue weighted by Gasteiger charge is 2.37. The molecule has 0 saturated carbocycles. The van der Waals surface area contributed by atoms with Crippen molar-refractivity contribution in [3.05, 3.63) is 33.8 Å². The van der Waals surface area contributed by atoms with E-state index in [1.807, 2.05) is 0 Å². The summed E-state index contributed by atoms with van der Waals surface area (Å²) >= 11 is 3.28. The number of rotatable bonds is 5. The van der Waals surface area contributed by atoms with E-state index in [9.17, 15) is 19.2 Å². The normalized spacial score (nSPS) is 16.7. The quantitative estimate of drug-likeness (QED) is 0.634. The van der Waals surface area contributed by atoms with E-state index in [1.165, 1.54) is 0 Å². The van der Waals surface area contributed by atoms with Gasteiger partial charge in [-0.3, -0.25) is 24.1 Å². The van der Waals surface area contributed by atoms with Crippen molar-refractivity contribution >= 4 is 39.6 Å². The molecule has 4 amide bonds. The predicted molar refractivity (Wildman–Crippen MR) is 99.2 cm³/mol. The van der Waals surface area contributed by atoms with E-state index in [0.29, 0.717) is 54.8 Å². The Kier molecular flexibility index (Phi) is 5.91. The molecule has 9 heteroatoms. The number of benzene rings is 1. The summed E-state index contributed by atoms with van der Waals surface area (Å²) in [6.07, 6.45) is 0.315. The van der Waals surface area contributed by atoms with Crippen LogP contribution in [0.2, 0.25) is 0 Å².